The minimum atomic E-state index is 0. The van der Waals surface area contributed by atoms with Crippen molar-refractivity contribution in [1.29, 1.82) is 0 Å². The molecule has 1 heterocycles. The lowest BCUT2D eigenvalue weighted by Gasteiger charge is -2.21. The van der Waals surface area contributed by atoms with E-state index in [1.165, 1.54) is 22.3 Å². The van der Waals surface area contributed by atoms with E-state index in [-0.39, 0.29) is 18.3 Å². The number of nitrogens with zero attached hydrogens (tertiary/aromatic N) is 1. The summed E-state index contributed by atoms with van der Waals surface area (Å²) in [7, 11) is 1.80. The van der Waals surface area contributed by atoms with Crippen molar-refractivity contribution in [2.24, 2.45) is 0 Å². The van der Waals surface area contributed by atoms with Gasteiger partial charge in [-0.1, -0.05) is 48.5 Å². The van der Waals surface area contributed by atoms with Crippen LogP contribution in [0.5, 0.6) is 0 Å². The third-order valence-electron chi connectivity index (χ3n) is 3.73. The molecule has 1 aliphatic heterocycles. The molecule has 0 saturated carbocycles. The van der Waals surface area contributed by atoms with Gasteiger partial charge in [0.05, 0.1) is 6.54 Å². The summed E-state index contributed by atoms with van der Waals surface area (Å²) < 4.78 is 0. The summed E-state index contributed by atoms with van der Waals surface area (Å²) in [5, 5.41) is 2.94. The van der Waals surface area contributed by atoms with Gasteiger partial charge < -0.3 is 10.2 Å². The summed E-state index contributed by atoms with van der Waals surface area (Å²) in [4.78, 5) is 14.2. The molecule has 2 aromatic carbocycles. The van der Waals surface area contributed by atoms with E-state index in [2.05, 4.69) is 41.7 Å². The Hall–Kier alpha value is -1.84. The zero-order chi connectivity index (χ0) is 13.9. The molecule has 3 nitrogen and oxygen atoms in total. The van der Waals surface area contributed by atoms with Crippen LogP contribution < -0.4 is 5.32 Å². The van der Waals surface area contributed by atoms with Gasteiger partial charge in [-0.2, -0.15) is 0 Å². The number of halogens is 1. The van der Waals surface area contributed by atoms with Crippen LogP contribution in [0.1, 0.15) is 11.1 Å². The Bertz CT molecular complexity index is 595. The van der Waals surface area contributed by atoms with Crippen LogP contribution in [0.4, 0.5) is 0 Å². The fourth-order valence-corrected chi connectivity index (χ4v) is 2.75. The highest BCUT2D eigenvalue weighted by Gasteiger charge is 2.21. The molecule has 3 rings (SSSR count). The molecule has 21 heavy (non-hydrogen) atoms. The van der Waals surface area contributed by atoms with Crippen LogP contribution in [0.25, 0.3) is 11.1 Å². The minimum Gasteiger partial charge on any atom is -0.333 e. The van der Waals surface area contributed by atoms with E-state index in [1.807, 2.05) is 17.0 Å². The Labute approximate surface area is 131 Å². The highest BCUT2D eigenvalue weighted by Crippen LogP contribution is 2.32. The van der Waals surface area contributed by atoms with E-state index in [4.69, 9.17) is 0 Å². The second-order valence-corrected chi connectivity index (χ2v) is 5.09. The molecule has 1 N–H and O–H groups in total. The average molecular weight is 303 g/mol. The van der Waals surface area contributed by atoms with Crippen molar-refractivity contribution in [3.8, 4) is 11.1 Å². The average Bonchev–Trinajstić information content (AvgIpc) is 2.64. The molecule has 0 spiro atoms. The van der Waals surface area contributed by atoms with E-state index >= 15 is 0 Å². The molecule has 1 aliphatic rings. The first-order valence-electron chi connectivity index (χ1n) is 6.88. The molecule has 0 aromatic heterocycles. The van der Waals surface area contributed by atoms with E-state index in [1.54, 1.807) is 7.05 Å². The highest BCUT2D eigenvalue weighted by molar-refractivity contribution is 5.85. The summed E-state index contributed by atoms with van der Waals surface area (Å²) in [5.74, 6) is 0.138. The van der Waals surface area contributed by atoms with Crippen LogP contribution in [0, 0.1) is 0 Å². The van der Waals surface area contributed by atoms with Crippen LogP contribution in [-0.2, 0) is 17.9 Å². The van der Waals surface area contributed by atoms with Crippen LogP contribution in [0.3, 0.4) is 0 Å². The fraction of sp³-hybridized carbons (Fsp3) is 0.235. The molecule has 0 radical (unpaired) electrons. The van der Waals surface area contributed by atoms with Crippen molar-refractivity contribution >= 4 is 18.3 Å². The summed E-state index contributed by atoms with van der Waals surface area (Å²) in [6.07, 6.45) is 0. The molecule has 0 atom stereocenters. The van der Waals surface area contributed by atoms with Gasteiger partial charge in [0, 0.05) is 13.1 Å². The number of benzene rings is 2. The van der Waals surface area contributed by atoms with Gasteiger partial charge in [0.2, 0.25) is 5.91 Å². The van der Waals surface area contributed by atoms with Gasteiger partial charge in [-0.15, -0.1) is 12.4 Å². The van der Waals surface area contributed by atoms with Crippen molar-refractivity contribution in [3.63, 3.8) is 0 Å². The van der Waals surface area contributed by atoms with Gasteiger partial charge in [-0.05, 0) is 29.3 Å². The summed E-state index contributed by atoms with van der Waals surface area (Å²) in [6.45, 7) is 1.72. The van der Waals surface area contributed by atoms with E-state index in [9.17, 15) is 4.79 Å². The van der Waals surface area contributed by atoms with Gasteiger partial charge in [-0.3, -0.25) is 4.79 Å². The smallest absolute Gasteiger partial charge is 0.237 e. The molecule has 0 saturated heterocycles. The van der Waals surface area contributed by atoms with Crippen molar-refractivity contribution in [2.75, 3.05) is 13.6 Å². The molecule has 2 aromatic rings. The SMILES string of the molecule is CNCC(=O)N1Cc2ccccc2-c2ccccc2C1.Cl. The zero-order valence-corrected chi connectivity index (χ0v) is 12.8. The van der Waals surface area contributed by atoms with Crippen LogP contribution in [0.2, 0.25) is 0 Å². The second-order valence-electron chi connectivity index (χ2n) is 5.09. The third-order valence-corrected chi connectivity index (χ3v) is 3.73. The van der Waals surface area contributed by atoms with E-state index in [0.717, 1.165) is 0 Å². The lowest BCUT2D eigenvalue weighted by atomic mass is 9.97. The van der Waals surface area contributed by atoms with Gasteiger partial charge in [0.25, 0.3) is 0 Å². The number of amides is 1. The van der Waals surface area contributed by atoms with Crippen LogP contribution in [-0.4, -0.2) is 24.4 Å². The summed E-state index contributed by atoms with van der Waals surface area (Å²) in [5.41, 5.74) is 4.90. The maximum Gasteiger partial charge on any atom is 0.237 e. The Morgan fingerprint density at radius 2 is 1.48 bits per heavy atom. The third kappa shape index (κ3) is 3.09. The molecule has 1 amide bonds. The zero-order valence-electron chi connectivity index (χ0n) is 12.0. The normalized spacial score (nSPS) is 12.7. The van der Waals surface area contributed by atoms with Gasteiger partial charge in [-0.25, -0.2) is 0 Å². The molecule has 0 fully saturated rings. The largest absolute Gasteiger partial charge is 0.333 e. The van der Waals surface area contributed by atoms with Crippen molar-refractivity contribution < 1.29 is 4.79 Å². The topological polar surface area (TPSA) is 32.3 Å². The first-order valence-corrected chi connectivity index (χ1v) is 6.88. The number of hydrogen-bond donors (Lipinski definition) is 1. The first-order chi connectivity index (χ1) is 9.79. The predicted molar refractivity (Wildman–Crippen MR) is 87.3 cm³/mol. The number of fused-ring (bicyclic) bond motifs is 3. The molecule has 0 aliphatic carbocycles. The number of likely N-dealkylation sites (N-methyl/N-ethyl adjacent to an activating group) is 1. The molecule has 110 valence electrons. The summed E-state index contributed by atoms with van der Waals surface area (Å²) >= 11 is 0. The monoisotopic (exact) mass is 302 g/mol. The van der Waals surface area contributed by atoms with Gasteiger partial charge in [0.1, 0.15) is 0 Å². The highest BCUT2D eigenvalue weighted by atomic mass is 35.5. The number of nitrogens with one attached hydrogen (secondary N) is 1. The second kappa shape index (κ2) is 6.74. The Kier molecular flexibility index (Phi) is 4.99. The van der Waals surface area contributed by atoms with E-state index in [0.29, 0.717) is 19.6 Å². The van der Waals surface area contributed by atoms with Crippen molar-refractivity contribution in [3.05, 3.63) is 59.7 Å². The number of carbonyl (C=O) groups excluding carboxylic acids is 1. The predicted octanol–water partition coefficient (Wildman–Crippen LogP) is 2.84. The number of hydrogen-bond acceptors (Lipinski definition) is 2. The Morgan fingerprint density at radius 3 is 1.95 bits per heavy atom. The van der Waals surface area contributed by atoms with Gasteiger partial charge in [0.15, 0.2) is 0 Å². The molecule has 0 unspecified atom stereocenters. The van der Waals surface area contributed by atoms with Gasteiger partial charge >= 0.3 is 0 Å². The minimum absolute atomic E-state index is 0. The van der Waals surface area contributed by atoms with Crippen molar-refractivity contribution in [1.82, 2.24) is 10.2 Å². The first kappa shape index (κ1) is 15.5. The molecular weight excluding hydrogens is 284 g/mol. The number of carbonyl (C=O) groups is 1. The Balaban J connectivity index is 0.00000161. The quantitative estimate of drug-likeness (QED) is 0.925. The Morgan fingerprint density at radius 1 is 1.00 bits per heavy atom. The molecular formula is C17H19ClN2O. The van der Waals surface area contributed by atoms with Crippen LogP contribution >= 0.6 is 12.4 Å². The van der Waals surface area contributed by atoms with Crippen molar-refractivity contribution in [2.45, 2.75) is 13.1 Å². The maximum atomic E-state index is 12.2. The fourth-order valence-electron chi connectivity index (χ4n) is 2.75. The number of rotatable bonds is 2. The maximum absolute atomic E-state index is 12.2. The lowest BCUT2D eigenvalue weighted by molar-refractivity contribution is -0.131. The molecule has 4 heteroatoms. The van der Waals surface area contributed by atoms with Crippen LogP contribution in [0.15, 0.2) is 48.5 Å². The van der Waals surface area contributed by atoms with E-state index < -0.39 is 0 Å². The molecule has 0 bridgehead atoms. The lowest BCUT2D eigenvalue weighted by Crippen LogP contribution is -2.35. The standard InChI is InChI=1S/C17H18N2O.ClH/c1-18-10-17(20)19-11-13-6-2-4-8-15(13)16-9-5-3-7-14(16)12-19;/h2-9,18H,10-12H2,1H3;1H. The summed E-state index contributed by atoms with van der Waals surface area (Å²) in [6, 6.07) is 16.7.